The van der Waals surface area contributed by atoms with Crippen molar-refractivity contribution in [2.75, 3.05) is 0 Å². The largest absolute Gasteiger partial charge is 2.00 e. The fourth-order valence-corrected chi connectivity index (χ4v) is 4.33. The van der Waals surface area contributed by atoms with Crippen LogP contribution >= 0.6 is 0 Å². The van der Waals surface area contributed by atoms with E-state index in [1.165, 1.54) is 0 Å². The molecule has 2 aromatic carbocycles. The third kappa shape index (κ3) is 6.66. The van der Waals surface area contributed by atoms with E-state index < -0.39 is 23.5 Å². The normalized spacial score (nSPS) is 13.6. The molecule has 1 aliphatic rings. The smallest absolute Gasteiger partial charge is 0.257 e. The number of fused-ring (bicyclic) bond motifs is 8. The van der Waals surface area contributed by atoms with Crippen molar-refractivity contribution >= 4 is 0 Å². The fourth-order valence-electron chi connectivity index (χ4n) is 4.33. The second kappa shape index (κ2) is 10.4. The Hall–Kier alpha value is -2.99. The second-order valence-corrected chi connectivity index (χ2v) is 8.78. The van der Waals surface area contributed by atoms with E-state index in [2.05, 4.69) is 22.1 Å². The van der Waals surface area contributed by atoms with Crippen LogP contribution in [0.3, 0.4) is 0 Å². The molecule has 8 bridgehead atoms. The molecule has 3 heterocycles. The Labute approximate surface area is 224 Å². The van der Waals surface area contributed by atoms with E-state index in [0.717, 1.165) is 24.3 Å². The number of hydrogen-bond acceptors (Lipinski definition) is 2. The first-order chi connectivity index (χ1) is 17.0. The predicted octanol–water partition coefficient (Wildman–Crippen LogP) is 6.79. The van der Waals surface area contributed by atoms with Gasteiger partial charge in [0.1, 0.15) is 0 Å². The summed E-state index contributed by atoms with van der Waals surface area (Å²) < 4.78 is 81.9. The van der Waals surface area contributed by atoms with Crippen molar-refractivity contribution in [3.05, 3.63) is 129 Å². The molecule has 2 aromatic heterocycles. The zero-order valence-electron chi connectivity index (χ0n) is 19.1. The summed E-state index contributed by atoms with van der Waals surface area (Å²) in [4.78, 5) is 9.18. The first-order valence-corrected chi connectivity index (χ1v) is 11.2. The molecule has 0 spiro atoms. The third-order valence-electron chi connectivity index (χ3n) is 5.83. The van der Waals surface area contributed by atoms with Crippen molar-refractivity contribution in [1.82, 2.24) is 9.97 Å². The molecular weight excluding hydrogens is 673 g/mol. The van der Waals surface area contributed by atoms with E-state index >= 15 is 0 Å². The van der Waals surface area contributed by atoms with Crippen LogP contribution in [0, 0.1) is 12.1 Å². The summed E-state index contributed by atoms with van der Waals surface area (Å²) in [5.41, 5.74) is 1.50. The van der Waals surface area contributed by atoms with Crippen molar-refractivity contribution < 1.29 is 47.4 Å². The molecule has 192 valence electrons. The molecule has 5 rings (SSSR count). The van der Waals surface area contributed by atoms with E-state index in [9.17, 15) is 26.3 Å². The van der Waals surface area contributed by atoms with Crippen molar-refractivity contribution in [3.8, 4) is 0 Å². The number of nitrogens with zero attached hydrogens (tertiary/aromatic N) is 2. The zero-order chi connectivity index (χ0) is 25.5. The summed E-state index contributed by atoms with van der Waals surface area (Å²) in [5.74, 6) is 0. The van der Waals surface area contributed by atoms with E-state index in [-0.39, 0.29) is 62.6 Å². The molecular formula is C28H18F6N2Pt. The molecule has 1 aliphatic heterocycles. The maximum atomic E-state index is 13.7. The quantitative estimate of drug-likeness (QED) is 0.132. The van der Waals surface area contributed by atoms with Crippen LogP contribution < -0.4 is 0 Å². The minimum absolute atomic E-state index is 0. The molecule has 0 amide bonds. The van der Waals surface area contributed by atoms with E-state index in [4.69, 9.17) is 0 Å². The second-order valence-electron chi connectivity index (χ2n) is 8.78. The molecule has 4 aromatic rings. The van der Waals surface area contributed by atoms with Crippen LogP contribution in [0.1, 0.15) is 56.2 Å². The number of alkyl halides is 6. The summed E-state index contributed by atoms with van der Waals surface area (Å²) >= 11 is 0. The number of rotatable bonds is 0. The SMILES string of the molecule is FC(F)(F)c1cc2[c-]c(c1)Cc1cccc(n1)Cc1cccc(n1)Cc1[c-]c(cc(C(F)(F)F)c1)C2.[Pt+2]. The van der Waals surface area contributed by atoms with Gasteiger partial charge in [0.15, 0.2) is 0 Å². The predicted molar refractivity (Wildman–Crippen MR) is 120 cm³/mol. The molecule has 2 nitrogen and oxygen atoms in total. The van der Waals surface area contributed by atoms with Crippen LogP contribution in [-0.2, 0) is 59.1 Å². The monoisotopic (exact) mass is 691 g/mol. The third-order valence-corrected chi connectivity index (χ3v) is 5.83. The van der Waals surface area contributed by atoms with Gasteiger partial charge >= 0.3 is 33.4 Å². The Balaban J connectivity index is 0.00000320. The Kier molecular flexibility index (Phi) is 7.61. The van der Waals surface area contributed by atoms with Crippen LogP contribution in [0.4, 0.5) is 26.3 Å². The zero-order valence-corrected chi connectivity index (χ0v) is 21.4. The minimum atomic E-state index is -4.62. The van der Waals surface area contributed by atoms with Gasteiger partial charge in [-0.3, -0.25) is 9.97 Å². The van der Waals surface area contributed by atoms with Gasteiger partial charge in [-0.1, -0.05) is 23.3 Å². The molecule has 0 aliphatic carbocycles. The molecule has 0 saturated carbocycles. The number of aromatic nitrogens is 2. The van der Waals surface area contributed by atoms with Crippen LogP contribution in [0.2, 0.25) is 0 Å². The Morgan fingerprint density at radius 2 is 0.838 bits per heavy atom. The van der Waals surface area contributed by atoms with Crippen molar-refractivity contribution in [2.24, 2.45) is 0 Å². The fraction of sp³-hybridized carbons (Fsp3) is 0.214. The molecule has 0 atom stereocenters. The molecule has 0 fully saturated rings. The standard InChI is InChI=1S/C28H18F6N2.Pt/c29-27(30,31)21-10-17-7-18-9-20(13-22(11-18)28(32,33)34)15-24-4-2-6-26(36-24)16-25-5-1-3-23(35-25)14-19(8-17)12-21;/h1-6,10-13H,7,14-16H2;/q-2;+2. The van der Waals surface area contributed by atoms with Gasteiger partial charge in [-0.15, -0.1) is 0 Å². The molecule has 0 radical (unpaired) electrons. The number of halogens is 6. The van der Waals surface area contributed by atoms with Crippen molar-refractivity contribution in [3.63, 3.8) is 0 Å². The summed E-state index contributed by atoms with van der Waals surface area (Å²) in [7, 11) is 0. The Bertz CT molecular complexity index is 1320. The van der Waals surface area contributed by atoms with Crippen molar-refractivity contribution in [2.45, 2.75) is 38.0 Å². The topological polar surface area (TPSA) is 25.8 Å². The molecule has 9 heteroatoms. The van der Waals surface area contributed by atoms with Gasteiger partial charge in [0, 0.05) is 29.2 Å². The first kappa shape index (κ1) is 27.1. The molecule has 0 N–H and O–H groups in total. The molecule has 0 saturated heterocycles. The van der Waals surface area contributed by atoms with Gasteiger partial charge in [-0.05, 0) is 43.5 Å². The maximum absolute atomic E-state index is 13.7. The van der Waals surface area contributed by atoms with Crippen LogP contribution in [0.25, 0.3) is 0 Å². The first-order valence-electron chi connectivity index (χ1n) is 11.2. The number of hydrogen-bond donors (Lipinski definition) is 0. The van der Waals surface area contributed by atoms with Gasteiger partial charge in [0.2, 0.25) is 0 Å². The van der Waals surface area contributed by atoms with Gasteiger partial charge in [-0.25, -0.2) is 0 Å². The average molecular weight is 692 g/mol. The molecule has 37 heavy (non-hydrogen) atoms. The maximum Gasteiger partial charge on any atom is 2.00 e. The summed E-state index contributed by atoms with van der Waals surface area (Å²) in [5, 5.41) is 0. The van der Waals surface area contributed by atoms with Gasteiger partial charge < -0.3 is 0 Å². The summed E-state index contributed by atoms with van der Waals surface area (Å²) in [6.07, 6.45) is -8.87. The van der Waals surface area contributed by atoms with Gasteiger partial charge in [-0.2, -0.15) is 85.0 Å². The summed E-state index contributed by atoms with van der Waals surface area (Å²) in [6, 6.07) is 20.4. The number of pyridine rings is 2. The van der Waals surface area contributed by atoms with Crippen LogP contribution in [0.15, 0.2) is 60.7 Å². The van der Waals surface area contributed by atoms with E-state index in [0.29, 0.717) is 29.2 Å². The van der Waals surface area contributed by atoms with E-state index in [1.807, 2.05) is 0 Å². The van der Waals surface area contributed by atoms with Gasteiger partial charge in [0.25, 0.3) is 0 Å². The molecule has 0 unspecified atom stereocenters. The average Bonchev–Trinajstić information content (AvgIpc) is 2.77. The number of benzene rings is 2. The van der Waals surface area contributed by atoms with Crippen molar-refractivity contribution in [1.29, 1.82) is 0 Å². The van der Waals surface area contributed by atoms with Crippen LogP contribution in [0.5, 0.6) is 0 Å². The van der Waals surface area contributed by atoms with Crippen LogP contribution in [-0.4, -0.2) is 9.97 Å². The summed E-state index contributed by atoms with van der Waals surface area (Å²) in [6.45, 7) is 0. The van der Waals surface area contributed by atoms with E-state index in [1.54, 1.807) is 36.4 Å². The van der Waals surface area contributed by atoms with Gasteiger partial charge in [0.05, 0.1) is 0 Å². The minimum Gasteiger partial charge on any atom is -0.257 e. The Morgan fingerprint density at radius 1 is 0.514 bits per heavy atom. The Morgan fingerprint density at radius 3 is 1.19 bits per heavy atom.